The molecule has 0 spiro atoms. The lowest BCUT2D eigenvalue weighted by atomic mass is 9.95. The molecule has 3 amide bonds. The number of hydrogen-bond acceptors (Lipinski definition) is 5. The Morgan fingerprint density at radius 1 is 1.03 bits per heavy atom. The van der Waals surface area contributed by atoms with Gasteiger partial charge in [-0.25, -0.2) is 0 Å². The van der Waals surface area contributed by atoms with Crippen molar-refractivity contribution in [3.05, 3.63) is 76.4 Å². The van der Waals surface area contributed by atoms with Gasteiger partial charge < -0.3 is 15.5 Å². The molecule has 0 saturated carbocycles. The van der Waals surface area contributed by atoms with Crippen LogP contribution in [0.1, 0.15) is 44.0 Å². The van der Waals surface area contributed by atoms with Crippen LogP contribution in [0, 0.1) is 0 Å². The van der Waals surface area contributed by atoms with Gasteiger partial charge in [-0.1, -0.05) is 18.2 Å². The zero-order valence-corrected chi connectivity index (χ0v) is 18.6. The van der Waals surface area contributed by atoms with Crippen molar-refractivity contribution in [1.29, 1.82) is 0 Å². The van der Waals surface area contributed by atoms with Crippen LogP contribution in [0.15, 0.2) is 54.9 Å². The highest BCUT2D eigenvalue weighted by Crippen LogP contribution is 2.39. The number of nitrogens with one attached hydrogen (secondary N) is 2. The highest BCUT2D eigenvalue weighted by molar-refractivity contribution is 7.17. The number of aromatic nitrogens is 1. The molecule has 4 rings (SSSR count). The van der Waals surface area contributed by atoms with Crippen molar-refractivity contribution >= 4 is 39.7 Å². The van der Waals surface area contributed by atoms with Crippen LogP contribution in [0.5, 0.6) is 0 Å². The number of para-hydroxylation sites is 1. The van der Waals surface area contributed by atoms with Crippen LogP contribution in [0.2, 0.25) is 0 Å². The van der Waals surface area contributed by atoms with Gasteiger partial charge >= 0.3 is 0 Å². The number of carbonyl (C=O) groups is 3. The first kappa shape index (κ1) is 21.7. The number of hydrogen-bond donors (Lipinski definition) is 2. The molecule has 0 aliphatic heterocycles. The first-order valence-corrected chi connectivity index (χ1v) is 11.3. The molecular weight excluding hydrogens is 424 g/mol. The second-order valence-corrected chi connectivity index (χ2v) is 8.79. The maximum atomic E-state index is 13.4. The average molecular weight is 449 g/mol. The third-order valence-corrected chi connectivity index (χ3v) is 6.53. The minimum Gasteiger partial charge on any atom is -0.332 e. The lowest BCUT2D eigenvalue weighted by molar-refractivity contribution is -0.116. The van der Waals surface area contributed by atoms with Crippen LogP contribution in [0.4, 0.5) is 10.7 Å². The Hall–Kier alpha value is -3.52. The van der Waals surface area contributed by atoms with E-state index in [0.717, 1.165) is 36.1 Å². The van der Waals surface area contributed by atoms with Gasteiger partial charge in [-0.2, -0.15) is 0 Å². The Morgan fingerprint density at radius 2 is 1.81 bits per heavy atom. The quantitative estimate of drug-likeness (QED) is 0.597. The molecule has 0 bridgehead atoms. The number of carbonyl (C=O) groups excluding carboxylic acids is 3. The van der Waals surface area contributed by atoms with Gasteiger partial charge in [0.1, 0.15) is 5.00 Å². The van der Waals surface area contributed by atoms with E-state index in [1.54, 1.807) is 37.5 Å². The monoisotopic (exact) mass is 448 g/mol. The Kier molecular flexibility index (Phi) is 6.61. The summed E-state index contributed by atoms with van der Waals surface area (Å²) in [7, 11) is 1.60. The number of nitrogens with zero attached hydrogens (tertiary/aromatic N) is 2. The fourth-order valence-electron chi connectivity index (χ4n) is 3.75. The lowest BCUT2D eigenvalue weighted by Crippen LogP contribution is -2.35. The summed E-state index contributed by atoms with van der Waals surface area (Å²) in [6, 6.07) is 12.5. The fraction of sp³-hybridized carbons (Fsp3) is 0.250. The highest BCUT2D eigenvalue weighted by atomic mass is 32.1. The van der Waals surface area contributed by atoms with Crippen molar-refractivity contribution in [1.82, 2.24) is 9.88 Å². The molecule has 164 valence electrons. The number of fused-ring (bicyclic) bond motifs is 1. The van der Waals surface area contributed by atoms with Gasteiger partial charge in [0.2, 0.25) is 5.91 Å². The summed E-state index contributed by atoms with van der Waals surface area (Å²) >= 11 is 1.45. The van der Waals surface area contributed by atoms with Gasteiger partial charge in [0, 0.05) is 30.0 Å². The largest absolute Gasteiger partial charge is 0.332 e. The van der Waals surface area contributed by atoms with Crippen molar-refractivity contribution in [2.75, 3.05) is 24.2 Å². The summed E-state index contributed by atoms with van der Waals surface area (Å²) in [6.07, 6.45) is 6.83. The Morgan fingerprint density at radius 3 is 2.56 bits per heavy atom. The van der Waals surface area contributed by atoms with Crippen LogP contribution in [-0.2, 0) is 17.6 Å². The number of rotatable bonds is 6. The van der Waals surface area contributed by atoms with Crippen molar-refractivity contribution in [3.8, 4) is 0 Å². The molecule has 0 unspecified atom stereocenters. The average Bonchev–Trinajstić information content (AvgIpc) is 3.17. The number of thiophene rings is 1. The van der Waals surface area contributed by atoms with Crippen molar-refractivity contribution in [2.24, 2.45) is 0 Å². The minimum absolute atomic E-state index is 0.0889. The predicted octanol–water partition coefficient (Wildman–Crippen LogP) is 3.98. The number of amides is 3. The normalized spacial score (nSPS) is 12.5. The van der Waals surface area contributed by atoms with E-state index in [1.165, 1.54) is 22.4 Å². The van der Waals surface area contributed by atoms with E-state index < -0.39 is 0 Å². The lowest BCUT2D eigenvalue weighted by Gasteiger charge is -2.19. The second-order valence-electron chi connectivity index (χ2n) is 7.69. The SMILES string of the molecule is CN(CC(=O)Nc1ccccc1)C(=O)c1c(NC(=O)c2cccnc2)sc2c1CCCC2. The molecule has 2 aromatic heterocycles. The summed E-state index contributed by atoms with van der Waals surface area (Å²) in [6.45, 7) is -0.0889. The standard InChI is InChI=1S/C24H24N4O3S/c1-28(15-20(29)26-17-9-3-2-4-10-17)24(31)21-18-11-5-6-12-19(18)32-23(21)27-22(30)16-8-7-13-25-14-16/h2-4,7-10,13-14H,5-6,11-12,15H2,1H3,(H,26,29)(H,27,30). The highest BCUT2D eigenvalue weighted by Gasteiger charge is 2.29. The van der Waals surface area contributed by atoms with Crippen LogP contribution in [-0.4, -0.2) is 41.2 Å². The van der Waals surface area contributed by atoms with Crippen molar-refractivity contribution < 1.29 is 14.4 Å². The molecule has 0 atom stereocenters. The summed E-state index contributed by atoms with van der Waals surface area (Å²) in [5, 5.41) is 6.23. The van der Waals surface area contributed by atoms with Gasteiger partial charge in [0.25, 0.3) is 11.8 Å². The number of pyridine rings is 1. The molecular formula is C24H24N4O3S. The molecule has 1 aliphatic rings. The van der Waals surface area contributed by atoms with E-state index in [4.69, 9.17) is 0 Å². The van der Waals surface area contributed by atoms with E-state index >= 15 is 0 Å². The summed E-state index contributed by atoms with van der Waals surface area (Å²) in [4.78, 5) is 45.1. The summed E-state index contributed by atoms with van der Waals surface area (Å²) in [5.74, 6) is -0.860. The predicted molar refractivity (Wildman–Crippen MR) is 125 cm³/mol. The van der Waals surface area contributed by atoms with E-state index in [2.05, 4.69) is 15.6 Å². The number of likely N-dealkylation sites (N-methyl/N-ethyl adjacent to an activating group) is 1. The summed E-state index contributed by atoms with van der Waals surface area (Å²) in [5.41, 5.74) is 2.59. The van der Waals surface area contributed by atoms with Crippen LogP contribution in [0.25, 0.3) is 0 Å². The van der Waals surface area contributed by atoms with Gasteiger partial charge in [0.05, 0.1) is 17.7 Å². The van der Waals surface area contributed by atoms with Crippen LogP contribution < -0.4 is 10.6 Å². The smallest absolute Gasteiger partial charge is 0.257 e. The molecule has 7 nitrogen and oxygen atoms in total. The van der Waals surface area contributed by atoms with E-state index in [-0.39, 0.29) is 24.3 Å². The second kappa shape index (κ2) is 9.74. The maximum absolute atomic E-state index is 13.4. The zero-order valence-electron chi connectivity index (χ0n) is 17.8. The van der Waals surface area contributed by atoms with Crippen molar-refractivity contribution in [2.45, 2.75) is 25.7 Å². The summed E-state index contributed by atoms with van der Waals surface area (Å²) < 4.78 is 0. The Bertz CT molecular complexity index is 1130. The third-order valence-electron chi connectivity index (χ3n) is 5.32. The van der Waals surface area contributed by atoms with E-state index in [1.807, 2.05) is 18.2 Å². The minimum atomic E-state index is -0.310. The number of aryl methyl sites for hydroxylation is 1. The molecule has 0 fully saturated rings. The van der Waals surface area contributed by atoms with E-state index in [0.29, 0.717) is 21.8 Å². The third kappa shape index (κ3) is 4.86. The van der Waals surface area contributed by atoms with Gasteiger partial charge in [-0.05, 0) is 55.5 Å². The molecule has 1 aliphatic carbocycles. The maximum Gasteiger partial charge on any atom is 0.257 e. The van der Waals surface area contributed by atoms with Crippen LogP contribution in [0.3, 0.4) is 0 Å². The van der Waals surface area contributed by atoms with Crippen molar-refractivity contribution in [3.63, 3.8) is 0 Å². The Labute approximate surface area is 190 Å². The molecule has 3 aromatic rings. The molecule has 8 heteroatoms. The Balaban J connectivity index is 1.54. The molecule has 1 aromatic carbocycles. The molecule has 2 heterocycles. The van der Waals surface area contributed by atoms with Gasteiger partial charge in [-0.3, -0.25) is 19.4 Å². The van der Waals surface area contributed by atoms with Gasteiger partial charge in [-0.15, -0.1) is 11.3 Å². The first-order chi connectivity index (χ1) is 15.5. The zero-order chi connectivity index (χ0) is 22.5. The number of benzene rings is 1. The molecule has 0 radical (unpaired) electrons. The molecule has 2 N–H and O–H groups in total. The molecule has 32 heavy (non-hydrogen) atoms. The van der Waals surface area contributed by atoms with Gasteiger partial charge in [0.15, 0.2) is 0 Å². The van der Waals surface area contributed by atoms with E-state index in [9.17, 15) is 14.4 Å². The molecule has 0 saturated heterocycles. The number of anilines is 2. The topological polar surface area (TPSA) is 91.4 Å². The van der Waals surface area contributed by atoms with Crippen LogP contribution >= 0.6 is 11.3 Å². The first-order valence-electron chi connectivity index (χ1n) is 10.5. The fourth-order valence-corrected chi connectivity index (χ4v) is 5.03.